The van der Waals surface area contributed by atoms with Gasteiger partial charge in [0.05, 0.1) is 5.75 Å². The van der Waals surface area contributed by atoms with Gasteiger partial charge < -0.3 is 15.2 Å². The molecule has 0 heterocycles. The van der Waals surface area contributed by atoms with Crippen molar-refractivity contribution in [2.45, 2.75) is 32.1 Å². The summed E-state index contributed by atoms with van der Waals surface area (Å²) in [5.74, 6) is -0.520. The van der Waals surface area contributed by atoms with E-state index in [4.69, 9.17) is 20.3 Å². The molecule has 0 unspecified atom stereocenters. The van der Waals surface area contributed by atoms with E-state index in [0.717, 1.165) is 11.1 Å². The molecule has 0 bridgehead atoms. The number of hydrogen-bond acceptors (Lipinski definition) is 8. The highest BCUT2D eigenvalue weighted by Gasteiger charge is 2.14. The summed E-state index contributed by atoms with van der Waals surface area (Å²) in [6.07, 6.45) is -0.931. The summed E-state index contributed by atoms with van der Waals surface area (Å²) in [4.78, 5) is 28.5. The molecule has 2 amide bonds. The van der Waals surface area contributed by atoms with Gasteiger partial charge in [-0.15, -0.1) is 0 Å². The third-order valence-corrected chi connectivity index (χ3v) is 5.21. The molecule has 2 rings (SSSR count). The summed E-state index contributed by atoms with van der Waals surface area (Å²) in [6.45, 7) is 0.202. The van der Waals surface area contributed by atoms with E-state index < -0.39 is 28.3 Å². The minimum atomic E-state index is -3.68. The lowest BCUT2D eigenvalue weighted by atomic mass is 10.2. The van der Waals surface area contributed by atoms with E-state index in [1.54, 1.807) is 24.3 Å². The van der Waals surface area contributed by atoms with Gasteiger partial charge in [-0.25, -0.2) is 23.1 Å². The molecule has 0 aliphatic heterocycles. The molecule has 0 aliphatic carbocycles. The summed E-state index contributed by atoms with van der Waals surface area (Å²) in [7, 11) is -3.68. The van der Waals surface area contributed by atoms with E-state index in [9.17, 15) is 18.0 Å². The number of sulfonamides is 1. The van der Waals surface area contributed by atoms with Crippen molar-refractivity contribution >= 4 is 28.2 Å². The molecule has 0 fully saturated rings. The first kappa shape index (κ1) is 26.8. The van der Waals surface area contributed by atoms with Gasteiger partial charge in [-0.3, -0.25) is 15.6 Å². The second-order valence-electron chi connectivity index (χ2n) is 7.34. The van der Waals surface area contributed by atoms with E-state index in [1.165, 1.54) is 0 Å². The lowest BCUT2D eigenvalue weighted by Gasteiger charge is -2.12. The SMILES string of the molecule is N[C@@H](CCCN=C(NC(=O)OCc1ccccc1)NC(=O)OCc1ccccc1)CS(N)(=O)=O. The van der Waals surface area contributed by atoms with Crippen LogP contribution in [-0.4, -0.2) is 44.9 Å². The molecular weight excluding hydrogens is 462 g/mol. The zero-order valence-corrected chi connectivity index (χ0v) is 19.4. The molecule has 0 aromatic heterocycles. The smallest absolute Gasteiger partial charge is 0.414 e. The van der Waals surface area contributed by atoms with E-state index in [2.05, 4.69) is 15.6 Å². The van der Waals surface area contributed by atoms with Gasteiger partial charge in [0.25, 0.3) is 0 Å². The van der Waals surface area contributed by atoms with E-state index in [0.29, 0.717) is 12.8 Å². The van der Waals surface area contributed by atoms with Gasteiger partial charge in [0.15, 0.2) is 0 Å². The van der Waals surface area contributed by atoms with Crippen LogP contribution in [0.5, 0.6) is 0 Å². The Balaban J connectivity index is 1.90. The van der Waals surface area contributed by atoms with Crippen molar-refractivity contribution in [1.82, 2.24) is 10.6 Å². The van der Waals surface area contributed by atoms with Crippen molar-refractivity contribution in [3.05, 3.63) is 71.8 Å². The van der Waals surface area contributed by atoms with Crippen molar-refractivity contribution in [1.29, 1.82) is 0 Å². The normalized spacial score (nSPS) is 11.7. The van der Waals surface area contributed by atoms with Gasteiger partial charge in [0, 0.05) is 12.6 Å². The van der Waals surface area contributed by atoms with Gasteiger partial charge in [0.1, 0.15) is 13.2 Å². The van der Waals surface area contributed by atoms with Crippen molar-refractivity contribution in [2.24, 2.45) is 15.9 Å². The third kappa shape index (κ3) is 11.9. The average molecular weight is 492 g/mol. The van der Waals surface area contributed by atoms with Gasteiger partial charge >= 0.3 is 12.2 Å². The standard InChI is InChI=1S/C22H29N5O6S/c23-19(16-34(24,30)31)12-7-13-25-20(26-21(28)32-14-17-8-3-1-4-9-17)27-22(29)33-15-18-10-5-2-6-11-18/h1-6,8-11,19H,7,12-16,23H2,(H2,24,30,31)(H2,25,26,27,28,29)/t19-/m0/s1. The molecule has 0 radical (unpaired) electrons. The first-order valence-corrected chi connectivity index (χ1v) is 12.2. The Bertz CT molecular complexity index is 988. The predicted octanol–water partition coefficient (Wildman–Crippen LogP) is 1.59. The van der Waals surface area contributed by atoms with Crippen LogP contribution in [0.3, 0.4) is 0 Å². The fourth-order valence-electron chi connectivity index (χ4n) is 2.75. The van der Waals surface area contributed by atoms with Crippen molar-refractivity contribution in [2.75, 3.05) is 12.3 Å². The zero-order valence-electron chi connectivity index (χ0n) is 18.6. The number of nitrogens with zero attached hydrogens (tertiary/aromatic N) is 1. The van der Waals surface area contributed by atoms with Crippen molar-refractivity contribution in [3.8, 4) is 0 Å². The topological polar surface area (TPSA) is 175 Å². The number of aliphatic imine (C=N–C) groups is 1. The number of ether oxygens (including phenoxy) is 2. The second kappa shape index (κ2) is 13.9. The van der Waals surface area contributed by atoms with Crippen LogP contribution < -0.4 is 21.5 Å². The number of carbonyl (C=O) groups is 2. The lowest BCUT2D eigenvalue weighted by molar-refractivity contribution is 0.141. The summed E-state index contributed by atoms with van der Waals surface area (Å²) in [6, 6.07) is 17.5. The number of amides is 2. The molecule has 11 nitrogen and oxygen atoms in total. The minimum absolute atomic E-state index is 0.0286. The van der Waals surface area contributed by atoms with Crippen LogP contribution >= 0.6 is 0 Å². The fraction of sp³-hybridized carbons (Fsp3) is 0.318. The van der Waals surface area contributed by atoms with Crippen LogP contribution in [0.15, 0.2) is 65.7 Å². The Morgan fingerprint density at radius 2 is 1.35 bits per heavy atom. The molecule has 0 saturated carbocycles. The maximum Gasteiger partial charge on any atom is 0.414 e. The van der Waals surface area contributed by atoms with E-state index >= 15 is 0 Å². The van der Waals surface area contributed by atoms with Gasteiger partial charge in [-0.05, 0) is 24.0 Å². The maximum atomic E-state index is 12.2. The number of alkyl carbamates (subject to hydrolysis) is 2. The zero-order chi connectivity index (χ0) is 24.8. The highest BCUT2D eigenvalue weighted by atomic mass is 32.2. The molecule has 1 atom stereocenters. The van der Waals surface area contributed by atoms with Crippen LogP contribution in [0.4, 0.5) is 9.59 Å². The summed E-state index contributed by atoms with van der Waals surface area (Å²) < 4.78 is 32.5. The van der Waals surface area contributed by atoms with Crippen LogP contribution in [0, 0.1) is 0 Å². The molecule has 6 N–H and O–H groups in total. The average Bonchev–Trinajstić information content (AvgIpc) is 2.79. The number of hydrogen-bond donors (Lipinski definition) is 4. The molecule has 2 aromatic carbocycles. The first-order valence-electron chi connectivity index (χ1n) is 10.5. The molecule has 34 heavy (non-hydrogen) atoms. The van der Waals surface area contributed by atoms with Crippen LogP contribution in [-0.2, 0) is 32.7 Å². The predicted molar refractivity (Wildman–Crippen MR) is 127 cm³/mol. The Morgan fingerprint density at radius 3 is 1.79 bits per heavy atom. The Labute approximate surface area is 198 Å². The Hall–Kier alpha value is -3.48. The molecule has 0 spiro atoms. The molecule has 2 aromatic rings. The van der Waals surface area contributed by atoms with E-state index in [-0.39, 0.29) is 31.5 Å². The molecule has 0 aliphatic rings. The van der Waals surface area contributed by atoms with Crippen LogP contribution in [0.1, 0.15) is 24.0 Å². The molecule has 184 valence electrons. The first-order chi connectivity index (χ1) is 16.2. The summed E-state index contributed by atoms with van der Waals surface area (Å²) in [5, 5.41) is 9.73. The molecule has 12 heteroatoms. The van der Waals surface area contributed by atoms with Crippen molar-refractivity contribution in [3.63, 3.8) is 0 Å². The number of guanidine groups is 1. The van der Waals surface area contributed by atoms with Gasteiger partial charge in [0.2, 0.25) is 16.0 Å². The third-order valence-electron chi connectivity index (χ3n) is 4.32. The van der Waals surface area contributed by atoms with Gasteiger partial charge in [-0.2, -0.15) is 0 Å². The number of rotatable bonds is 10. The maximum absolute atomic E-state index is 12.2. The van der Waals surface area contributed by atoms with Crippen molar-refractivity contribution < 1.29 is 27.5 Å². The monoisotopic (exact) mass is 491 g/mol. The Kier molecular flexibility index (Phi) is 11.0. The highest BCUT2D eigenvalue weighted by Crippen LogP contribution is 2.02. The minimum Gasteiger partial charge on any atom is -0.444 e. The molecule has 0 saturated heterocycles. The van der Waals surface area contributed by atoms with E-state index in [1.807, 2.05) is 36.4 Å². The number of primary sulfonamides is 1. The second-order valence-corrected chi connectivity index (χ2v) is 8.99. The number of benzene rings is 2. The molecular formula is C22H29N5O6S. The quantitative estimate of drug-likeness (QED) is 0.222. The van der Waals surface area contributed by atoms with Crippen LogP contribution in [0.2, 0.25) is 0 Å². The fourth-order valence-corrected chi connectivity index (χ4v) is 3.51. The highest BCUT2D eigenvalue weighted by molar-refractivity contribution is 7.89. The van der Waals surface area contributed by atoms with Gasteiger partial charge in [-0.1, -0.05) is 60.7 Å². The Morgan fingerprint density at radius 1 is 0.882 bits per heavy atom. The number of carbonyl (C=O) groups excluding carboxylic acids is 2. The number of nitrogens with two attached hydrogens (primary N) is 2. The summed E-state index contributed by atoms with van der Waals surface area (Å²) in [5.41, 5.74) is 7.32. The summed E-state index contributed by atoms with van der Waals surface area (Å²) >= 11 is 0. The largest absolute Gasteiger partial charge is 0.444 e. The number of nitrogens with one attached hydrogen (secondary N) is 2. The lowest BCUT2D eigenvalue weighted by Crippen LogP contribution is -2.44. The van der Waals surface area contributed by atoms with Crippen LogP contribution in [0.25, 0.3) is 0 Å².